The Hall–Kier alpha value is -0.610. The molecule has 88 valence electrons. The van der Waals surface area contributed by atoms with Crippen LogP contribution in [0.1, 0.15) is 20.3 Å². The molecule has 1 aliphatic rings. The zero-order valence-electron chi connectivity index (χ0n) is 9.79. The zero-order chi connectivity index (χ0) is 11.1. The number of hydrogen-bond donors (Lipinski definition) is 1. The van der Waals surface area contributed by atoms with E-state index >= 15 is 0 Å². The Kier molecular flexibility index (Phi) is 5.65. The van der Waals surface area contributed by atoms with Gasteiger partial charge in [0.25, 0.3) is 0 Å². The second kappa shape index (κ2) is 6.80. The van der Waals surface area contributed by atoms with E-state index in [1.807, 2.05) is 0 Å². The van der Waals surface area contributed by atoms with Crippen LogP contribution in [0.3, 0.4) is 0 Å². The molecule has 0 saturated carbocycles. The molecule has 1 N–H and O–H groups in total. The van der Waals surface area contributed by atoms with Gasteiger partial charge in [0.1, 0.15) is 0 Å². The molecular weight excluding hydrogens is 192 g/mol. The topological polar surface area (TPSA) is 41.6 Å². The third-order valence-corrected chi connectivity index (χ3v) is 2.83. The lowest BCUT2D eigenvalue weighted by atomic mass is 10.0. The molecule has 1 saturated heterocycles. The highest BCUT2D eigenvalue weighted by atomic mass is 16.5. The van der Waals surface area contributed by atoms with Gasteiger partial charge < -0.3 is 15.0 Å². The highest BCUT2D eigenvalue weighted by Gasteiger charge is 2.21. The Morgan fingerprint density at radius 3 is 2.53 bits per heavy atom. The van der Waals surface area contributed by atoms with Gasteiger partial charge in [0.15, 0.2) is 0 Å². The number of nitrogens with zero attached hydrogens (tertiary/aromatic N) is 1. The first-order valence-corrected chi connectivity index (χ1v) is 5.83. The summed E-state index contributed by atoms with van der Waals surface area (Å²) in [6.07, 6.45) is 0.623. The third-order valence-electron chi connectivity index (χ3n) is 2.83. The standard InChI is InChI=1S/C11H22N2O2/c1-3-13(4-2)6-5-12-11(14)7-10-8-15-9-10/h10H,3-9H2,1-2H3,(H,12,14). The van der Waals surface area contributed by atoms with Crippen LogP contribution in [0.4, 0.5) is 0 Å². The minimum absolute atomic E-state index is 0.162. The van der Waals surface area contributed by atoms with E-state index < -0.39 is 0 Å². The lowest BCUT2D eigenvalue weighted by Crippen LogP contribution is -2.38. The van der Waals surface area contributed by atoms with E-state index in [9.17, 15) is 4.79 Å². The molecule has 0 atom stereocenters. The van der Waals surface area contributed by atoms with Gasteiger partial charge in [-0.3, -0.25) is 4.79 Å². The van der Waals surface area contributed by atoms with Crippen LogP contribution in [-0.2, 0) is 9.53 Å². The average molecular weight is 214 g/mol. The second-order valence-electron chi connectivity index (χ2n) is 3.98. The van der Waals surface area contributed by atoms with Crippen LogP contribution in [0, 0.1) is 5.92 Å². The molecule has 15 heavy (non-hydrogen) atoms. The van der Waals surface area contributed by atoms with Crippen LogP contribution < -0.4 is 5.32 Å². The molecule has 1 heterocycles. The van der Waals surface area contributed by atoms with Gasteiger partial charge in [0.2, 0.25) is 5.91 Å². The van der Waals surface area contributed by atoms with Crippen LogP contribution in [0.25, 0.3) is 0 Å². The van der Waals surface area contributed by atoms with Gasteiger partial charge in [-0.15, -0.1) is 0 Å². The maximum Gasteiger partial charge on any atom is 0.220 e. The van der Waals surface area contributed by atoms with E-state index in [1.165, 1.54) is 0 Å². The summed E-state index contributed by atoms with van der Waals surface area (Å²) in [6, 6.07) is 0. The predicted octanol–water partition coefficient (Wildman–Crippen LogP) is 0.481. The summed E-state index contributed by atoms with van der Waals surface area (Å²) in [6.45, 7) is 9.57. The normalized spacial score (nSPS) is 16.5. The molecule has 0 aromatic heterocycles. The number of rotatable bonds is 7. The van der Waals surface area contributed by atoms with Crippen LogP contribution in [0.15, 0.2) is 0 Å². The molecule has 0 aromatic carbocycles. The first kappa shape index (κ1) is 12.5. The van der Waals surface area contributed by atoms with Crippen LogP contribution in [0.2, 0.25) is 0 Å². The minimum atomic E-state index is 0.162. The average Bonchev–Trinajstić information content (AvgIpc) is 2.18. The second-order valence-corrected chi connectivity index (χ2v) is 3.98. The predicted molar refractivity (Wildman–Crippen MR) is 59.7 cm³/mol. The van der Waals surface area contributed by atoms with Crippen LogP contribution >= 0.6 is 0 Å². The van der Waals surface area contributed by atoms with Gasteiger partial charge in [-0.05, 0) is 13.1 Å². The fourth-order valence-electron chi connectivity index (χ4n) is 1.63. The molecule has 0 spiro atoms. The molecule has 1 fully saturated rings. The maximum absolute atomic E-state index is 11.4. The number of carbonyl (C=O) groups is 1. The molecule has 1 amide bonds. The molecule has 0 unspecified atom stereocenters. The first-order chi connectivity index (χ1) is 7.26. The van der Waals surface area contributed by atoms with Gasteiger partial charge in [-0.25, -0.2) is 0 Å². The van der Waals surface area contributed by atoms with Crippen molar-refractivity contribution in [2.75, 3.05) is 39.4 Å². The van der Waals surface area contributed by atoms with Crippen molar-refractivity contribution in [3.05, 3.63) is 0 Å². The number of amides is 1. The van der Waals surface area contributed by atoms with Crippen molar-refractivity contribution in [3.8, 4) is 0 Å². The van der Waals surface area contributed by atoms with E-state index in [-0.39, 0.29) is 5.91 Å². The van der Waals surface area contributed by atoms with Crippen molar-refractivity contribution in [2.45, 2.75) is 20.3 Å². The molecule has 1 aliphatic heterocycles. The quantitative estimate of drug-likeness (QED) is 0.670. The fourth-order valence-corrected chi connectivity index (χ4v) is 1.63. The minimum Gasteiger partial charge on any atom is -0.381 e. The van der Waals surface area contributed by atoms with Crippen molar-refractivity contribution >= 4 is 5.91 Å². The monoisotopic (exact) mass is 214 g/mol. The van der Waals surface area contributed by atoms with Crippen molar-refractivity contribution in [1.29, 1.82) is 0 Å². The summed E-state index contributed by atoms with van der Waals surface area (Å²) in [5.74, 6) is 0.619. The molecule has 1 rings (SSSR count). The first-order valence-electron chi connectivity index (χ1n) is 5.83. The number of ether oxygens (including phenoxy) is 1. The van der Waals surface area contributed by atoms with E-state index in [2.05, 4.69) is 24.1 Å². The van der Waals surface area contributed by atoms with Gasteiger partial charge in [-0.1, -0.05) is 13.8 Å². The Balaban J connectivity index is 2.00. The Bertz CT molecular complexity index is 189. The van der Waals surface area contributed by atoms with Crippen molar-refractivity contribution in [1.82, 2.24) is 10.2 Å². The zero-order valence-corrected chi connectivity index (χ0v) is 9.79. The Morgan fingerprint density at radius 1 is 1.40 bits per heavy atom. The fraction of sp³-hybridized carbons (Fsp3) is 0.909. The molecule has 4 nitrogen and oxygen atoms in total. The van der Waals surface area contributed by atoms with Gasteiger partial charge in [-0.2, -0.15) is 0 Å². The highest BCUT2D eigenvalue weighted by Crippen LogP contribution is 2.13. The Labute approximate surface area is 92.0 Å². The molecule has 0 aliphatic carbocycles. The summed E-state index contributed by atoms with van der Waals surface area (Å²) in [5, 5.41) is 2.94. The summed E-state index contributed by atoms with van der Waals surface area (Å²) in [4.78, 5) is 13.7. The van der Waals surface area contributed by atoms with Crippen LogP contribution in [0.5, 0.6) is 0 Å². The summed E-state index contributed by atoms with van der Waals surface area (Å²) in [7, 11) is 0. The molecule has 0 aromatic rings. The summed E-state index contributed by atoms with van der Waals surface area (Å²) >= 11 is 0. The van der Waals surface area contributed by atoms with Crippen molar-refractivity contribution in [2.24, 2.45) is 5.92 Å². The Morgan fingerprint density at radius 2 is 2.07 bits per heavy atom. The maximum atomic E-state index is 11.4. The lowest BCUT2D eigenvalue weighted by molar-refractivity contribution is -0.126. The van der Waals surface area contributed by atoms with Crippen LogP contribution in [-0.4, -0.2) is 50.2 Å². The number of carbonyl (C=O) groups excluding carboxylic acids is 1. The highest BCUT2D eigenvalue weighted by molar-refractivity contribution is 5.76. The summed E-state index contributed by atoms with van der Waals surface area (Å²) in [5.41, 5.74) is 0. The van der Waals surface area contributed by atoms with Gasteiger partial charge in [0, 0.05) is 25.4 Å². The molecule has 0 bridgehead atoms. The van der Waals surface area contributed by atoms with Crippen molar-refractivity contribution in [3.63, 3.8) is 0 Å². The smallest absolute Gasteiger partial charge is 0.220 e. The number of nitrogens with one attached hydrogen (secondary N) is 1. The lowest BCUT2D eigenvalue weighted by Gasteiger charge is -2.25. The molecular formula is C11H22N2O2. The van der Waals surface area contributed by atoms with E-state index in [4.69, 9.17) is 4.74 Å². The van der Waals surface area contributed by atoms with Gasteiger partial charge >= 0.3 is 0 Å². The van der Waals surface area contributed by atoms with E-state index in [1.54, 1.807) is 0 Å². The largest absolute Gasteiger partial charge is 0.381 e. The summed E-state index contributed by atoms with van der Waals surface area (Å²) < 4.78 is 5.03. The van der Waals surface area contributed by atoms with Gasteiger partial charge in [0.05, 0.1) is 13.2 Å². The molecule has 4 heteroatoms. The molecule has 0 radical (unpaired) electrons. The van der Waals surface area contributed by atoms with Crippen molar-refractivity contribution < 1.29 is 9.53 Å². The van der Waals surface area contributed by atoms with E-state index in [0.717, 1.165) is 39.4 Å². The van der Waals surface area contributed by atoms with E-state index in [0.29, 0.717) is 12.3 Å². The third kappa shape index (κ3) is 4.62. The number of hydrogen-bond acceptors (Lipinski definition) is 3. The number of likely N-dealkylation sites (N-methyl/N-ethyl adjacent to an activating group) is 1. The SMILES string of the molecule is CCN(CC)CCNC(=O)CC1COC1.